The van der Waals surface area contributed by atoms with Crippen molar-refractivity contribution in [1.82, 2.24) is 5.32 Å². The van der Waals surface area contributed by atoms with Gasteiger partial charge < -0.3 is 16.3 Å². The summed E-state index contributed by atoms with van der Waals surface area (Å²) in [6, 6.07) is 4.68. The van der Waals surface area contributed by atoms with Crippen LogP contribution in [0.5, 0.6) is 0 Å². The molecule has 4 N–H and O–H groups in total. The fourth-order valence-electron chi connectivity index (χ4n) is 1.82. The van der Waals surface area contributed by atoms with Crippen LogP contribution in [0.15, 0.2) is 23.4 Å². The molecule has 1 fully saturated rings. The van der Waals surface area contributed by atoms with Crippen LogP contribution in [0.1, 0.15) is 23.2 Å². The minimum absolute atomic E-state index is 0.0351. The maximum absolute atomic E-state index is 12.2. The smallest absolute Gasteiger partial charge is 0.253 e. The third kappa shape index (κ3) is 3.50. The molecule has 0 bridgehead atoms. The molecular formula is C12H13ClIN3O2. The van der Waals surface area contributed by atoms with Gasteiger partial charge in [0.2, 0.25) is 0 Å². The van der Waals surface area contributed by atoms with Crippen molar-refractivity contribution >= 4 is 45.9 Å². The zero-order valence-corrected chi connectivity index (χ0v) is 12.9. The highest BCUT2D eigenvalue weighted by molar-refractivity contribution is 14.1. The lowest BCUT2D eigenvalue weighted by atomic mass is 10.1. The topological polar surface area (TPSA) is 87.7 Å². The number of carbonyl (C=O) groups is 1. The Hall–Kier alpha value is -1.02. The first-order valence-corrected chi connectivity index (χ1v) is 7.22. The second kappa shape index (κ2) is 5.96. The van der Waals surface area contributed by atoms with Gasteiger partial charge in [0.15, 0.2) is 5.84 Å². The molecule has 0 saturated heterocycles. The van der Waals surface area contributed by atoms with Gasteiger partial charge in [-0.3, -0.25) is 4.79 Å². The summed E-state index contributed by atoms with van der Waals surface area (Å²) in [4.78, 5) is 12.2. The first-order valence-electron chi connectivity index (χ1n) is 5.76. The van der Waals surface area contributed by atoms with E-state index in [1.54, 1.807) is 18.2 Å². The summed E-state index contributed by atoms with van der Waals surface area (Å²) < 4.78 is 0.800. The van der Waals surface area contributed by atoms with Gasteiger partial charge in [0, 0.05) is 8.59 Å². The van der Waals surface area contributed by atoms with E-state index in [0.29, 0.717) is 10.6 Å². The molecule has 0 heterocycles. The largest absolute Gasteiger partial charge is 0.409 e. The number of nitrogens with zero attached hydrogens (tertiary/aromatic N) is 1. The summed E-state index contributed by atoms with van der Waals surface area (Å²) in [5.74, 6) is 0.0139. The lowest BCUT2D eigenvalue weighted by molar-refractivity contribution is 0.0942. The summed E-state index contributed by atoms with van der Waals surface area (Å²) in [5.41, 5.74) is 6.10. The Morgan fingerprint density at radius 2 is 2.26 bits per heavy atom. The van der Waals surface area contributed by atoms with E-state index in [0.717, 1.165) is 16.4 Å². The van der Waals surface area contributed by atoms with E-state index in [4.69, 9.17) is 22.5 Å². The zero-order valence-electron chi connectivity index (χ0n) is 9.94. The number of nitrogens with one attached hydrogen (secondary N) is 1. The van der Waals surface area contributed by atoms with Gasteiger partial charge in [0.1, 0.15) is 0 Å². The summed E-state index contributed by atoms with van der Waals surface area (Å²) in [6.07, 6.45) is 1.93. The van der Waals surface area contributed by atoms with Crippen LogP contribution in [-0.2, 0) is 0 Å². The number of hydrogen-bond donors (Lipinski definition) is 3. The Labute approximate surface area is 129 Å². The maximum atomic E-state index is 12.2. The standard InChI is InChI=1S/C12H13ClIN3O2/c13-7-3-4-9(14)8(5-7)12(18)16-10(6-1-2-6)11(15)17-19/h3-6,10,19H,1-2H2,(H2,15,17)(H,16,18). The minimum atomic E-state index is -0.424. The number of carbonyl (C=O) groups excluding carboxylic acids is 1. The van der Waals surface area contributed by atoms with Crippen molar-refractivity contribution in [2.45, 2.75) is 18.9 Å². The molecule has 1 aromatic rings. The van der Waals surface area contributed by atoms with Gasteiger partial charge in [0.05, 0.1) is 11.6 Å². The third-order valence-corrected chi connectivity index (χ3v) is 4.16. The molecule has 1 aromatic carbocycles. The van der Waals surface area contributed by atoms with Crippen LogP contribution in [0, 0.1) is 9.49 Å². The highest BCUT2D eigenvalue weighted by Gasteiger charge is 2.35. The lowest BCUT2D eigenvalue weighted by Gasteiger charge is -2.17. The summed E-state index contributed by atoms with van der Waals surface area (Å²) in [6.45, 7) is 0. The molecule has 102 valence electrons. The van der Waals surface area contributed by atoms with Gasteiger partial charge in [-0.05, 0) is 59.5 Å². The van der Waals surface area contributed by atoms with Crippen molar-refractivity contribution in [2.24, 2.45) is 16.8 Å². The average molecular weight is 394 g/mol. The van der Waals surface area contributed by atoms with Crippen molar-refractivity contribution in [3.8, 4) is 0 Å². The van der Waals surface area contributed by atoms with Crippen molar-refractivity contribution in [3.63, 3.8) is 0 Å². The lowest BCUT2D eigenvalue weighted by Crippen LogP contribution is -2.46. The molecule has 7 heteroatoms. The number of nitrogens with two attached hydrogens (primary N) is 1. The Bertz CT molecular complexity index is 532. The Morgan fingerprint density at radius 3 is 2.84 bits per heavy atom. The number of oxime groups is 1. The third-order valence-electron chi connectivity index (χ3n) is 2.99. The van der Waals surface area contributed by atoms with E-state index in [9.17, 15) is 4.79 Å². The van der Waals surface area contributed by atoms with E-state index in [2.05, 4.69) is 33.1 Å². The molecule has 0 spiro atoms. The molecular weight excluding hydrogens is 381 g/mol. The fourth-order valence-corrected chi connectivity index (χ4v) is 2.57. The number of rotatable bonds is 4. The summed E-state index contributed by atoms with van der Waals surface area (Å²) >= 11 is 7.96. The second-order valence-corrected chi connectivity index (χ2v) is 6.04. The minimum Gasteiger partial charge on any atom is -0.409 e. The SMILES string of the molecule is N/C(=N/O)C(NC(=O)c1cc(Cl)ccc1I)C1CC1. The number of hydrogen-bond acceptors (Lipinski definition) is 3. The van der Waals surface area contributed by atoms with E-state index < -0.39 is 6.04 Å². The number of benzene rings is 1. The molecule has 2 rings (SSSR count). The molecule has 1 saturated carbocycles. The van der Waals surface area contributed by atoms with Crippen LogP contribution in [0.3, 0.4) is 0 Å². The first-order chi connectivity index (χ1) is 9.02. The number of amidine groups is 1. The second-order valence-electron chi connectivity index (χ2n) is 4.44. The van der Waals surface area contributed by atoms with Crippen LogP contribution in [0.4, 0.5) is 0 Å². The van der Waals surface area contributed by atoms with Gasteiger partial charge in [-0.1, -0.05) is 16.8 Å². The molecule has 19 heavy (non-hydrogen) atoms. The first kappa shape index (κ1) is 14.4. The molecule has 0 aliphatic heterocycles. The molecule has 1 aliphatic rings. The average Bonchev–Trinajstić information content (AvgIpc) is 3.22. The summed E-state index contributed by atoms with van der Waals surface area (Å²) in [7, 11) is 0. The van der Waals surface area contributed by atoms with Crippen molar-refractivity contribution in [1.29, 1.82) is 0 Å². The molecule has 5 nitrogen and oxygen atoms in total. The zero-order chi connectivity index (χ0) is 14.0. The predicted molar refractivity (Wildman–Crippen MR) is 81.6 cm³/mol. The molecule has 1 atom stereocenters. The molecule has 0 aromatic heterocycles. The Kier molecular flexibility index (Phi) is 4.51. The van der Waals surface area contributed by atoms with E-state index in [1.807, 2.05) is 0 Å². The van der Waals surface area contributed by atoms with Crippen molar-refractivity contribution in [2.75, 3.05) is 0 Å². The molecule has 0 radical (unpaired) electrons. The van der Waals surface area contributed by atoms with E-state index in [1.165, 1.54) is 0 Å². The predicted octanol–water partition coefficient (Wildman–Crippen LogP) is 2.20. The summed E-state index contributed by atoms with van der Waals surface area (Å²) in [5, 5.41) is 15.0. The van der Waals surface area contributed by atoms with Gasteiger partial charge in [-0.2, -0.15) is 0 Å². The normalized spacial score (nSPS) is 17.1. The van der Waals surface area contributed by atoms with Gasteiger partial charge in [0.25, 0.3) is 5.91 Å². The Morgan fingerprint density at radius 1 is 1.58 bits per heavy atom. The van der Waals surface area contributed by atoms with Crippen LogP contribution in [-0.4, -0.2) is 23.0 Å². The fraction of sp³-hybridized carbons (Fsp3) is 0.333. The Balaban J connectivity index is 2.17. The van der Waals surface area contributed by atoms with Crippen LogP contribution < -0.4 is 11.1 Å². The monoisotopic (exact) mass is 393 g/mol. The quantitative estimate of drug-likeness (QED) is 0.241. The van der Waals surface area contributed by atoms with Gasteiger partial charge >= 0.3 is 0 Å². The van der Waals surface area contributed by atoms with Crippen molar-refractivity contribution in [3.05, 3.63) is 32.4 Å². The number of amides is 1. The van der Waals surface area contributed by atoms with Gasteiger partial charge in [-0.25, -0.2) is 0 Å². The number of halogens is 2. The van der Waals surface area contributed by atoms with Crippen LogP contribution >= 0.6 is 34.2 Å². The maximum Gasteiger partial charge on any atom is 0.253 e. The molecule has 1 amide bonds. The van der Waals surface area contributed by atoms with Gasteiger partial charge in [-0.15, -0.1) is 0 Å². The highest BCUT2D eigenvalue weighted by atomic mass is 127. The highest BCUT2D eigenvalue weighted by Crippen LogP contribution is 2.33. The molecule has 1 aliphatic carbocycles. The molecule has 1 unspecified atom stereocenters. The van der Waals surface area contributed by atoms with Crippen LogP contribution in [0.2, 0.25) is 5.02 Å². The van der Waals surface area contributed by atoms with Crippen LogP contribution in [0.25, 0.3) is 0 Å². The van der Waals surface area contributed by atoms with E-state index in [-0.39, 0.29) is 17.7 Å². The van der Waals surface area contributed by atoms with Crippen molar-refractivity contribution < 1.29 is 10.0 Å². The van der Waals surface area contributed by atoms with E-state index >= 15 is 0 Å².